The Balaban J connectivity index is 0.997. The van der Waals surface area contributed by atoms with E-state index in [1.54, 1.807) is 57.6 Å². The summed E-state index contributed by atoms with van der Waals surface area (Å²) in [5.74, 6) is -2.56. The number of nitrogens with zero attached hydrogens (tertiary/aromatic N) is 5. The number of carbonyl (C=O) groups is 8. The summed E-state index contributed by atoms with van der Waals surface area (Å²) in [5, 5.41) is 13.6. The number of nitrogens with one attached hydrogen (secondary N) is 6. The zero-order valence-corrected chi connectivity index (χ0v) is 41.4. The van der Waals surface area contributed by atoms with Gasteiger partial charge in [-0.25, -0.2) is 19.4 Å². The second-order valence-corrected chi connectivity index (χ2v) is 17.9. The van der Waals surface area contributed by atoms with E-state index in [0.717, 1.165) is 21.6 Å². The Hall–Kier alpha value is -8.49. The molecule has 4 heterocycles. The zero-order valence-electron chi connectivity index (χ0n) is 41.4. The fraction of sp³-hybridized carbons (Fsp3) is 0.365. The number of pyridine rings is 2. The normalized spacial score (nSPS) is 12.9. The molecule has 2 unspecified atom stereocenters. The van der Waals surface area contributed by atoms with Crippen molar-refractivity contribution in [2.45, 2.75) is 84.9 Å². The molecule has 73 heavy (non-hydrogen) atoms. The van der Waals surface area contributed by atoms with E-state index in [1.165, 1.54) is 17.1 Å². The summed E-state index contributed by atoms with van der Waals surface area (Å²) in [5.41, 5.74) is 11.4. The average Bonchev–Trinajstić information content (AvgIpc) is 3.93. The van der Waals surface area contributed by atoms with Crippen molar-refractivity contribution in [2.24, 2.45) is 17.6 Å². The molecule has 3 aromatic heterocycles. The van der Waals surface area contributed by atoms with Crippen molar-refractivity contribution in [1.82, 2.24) is 45.7 Å². The molecule has 5 aromatic rings. The Bertz CT molecular complexity index is 2780. The number of primary amides is 1. The Morgan fingerprint density at radius 1 is 0.863 bits per heavy atom. The van der Waals surface area contributed by atoms with Crippen molar-refractivity contribution in [1.29, 1.82) is 0 Å². The van der Waals surface area contributed by atoms with Gasteiger partial charge < -0.3 is 41.6 Å². The fourth-order valence-electron chi connectivity index (χ4n) is 8.06. The maximum Gasteiger partial charge on any atom is 0.410 e. The number of Topliss-reactive ketones (excluding diaryl/α,β-unsaturated/α-hetero) is 1. The molecule has 0 saturated heterocycles. The van der Waals surface area contributed by atoms with Gasteiger partial charge in [0.05, 0.1) is 35.0 Å². The molecule has 0 bridgehead atoms. The number of ether oxygens (including phenoxy) is 1. The molecule has 0 aliphatic carbocycles. The number of imidazole rings is 1. The monoisotopic (exact) mass is 998 g/mol. The predicted octanol–water partition coefficient (Wildman–Crippen LogP) is 6.19. The predicted molar refractivity (Wildman–Crippen MR) is 273 cm³/mol. The van der Waals surface area contributed by atoms with Crippen LogP contribution in [0.4, 0.5) is 26.0 Å². The molecule has 21 heteroatoms. The first-order chi connectivity index (χ1) is 35.1. The zero-order chi connectivity index (χ0) is 52.4. The van der Waals surface area contributed by atoms with Gasteiger partial charge in [-0.2, -0.15) is 0 Å². The number of carbonyl (C=O) groups excluding carboxylic acids is 8. The van der Waals surface area contributed by atoms with E-state index in [1.807, 2.05) is 49.4 Å². The van der Waals surface area contributed by atoms with Crippen LogP contribution in [0.3, 0.4) is 0 Å². The molecular weight excluding hydrogens is 937 g/mol. The molecular formula is C52H62N12O9. The van der Waals surface area contributed by atoms with Crippen LogP contribution in [0.2, 0.25) is 0 Å². The molecule has 2 aromatic carbocycles. The van der Waals surface area contributed by atoms with Crippen LogP contribution in [0, 0.1) is 11.8 Å². The smallest absolute Gasteiger partial charge is 0.410 e. The maximum atomic E-state index is 13.7. The quantitative estimate of drug-likeness (QED) is 0.0255. The van der Waals surface area contributed by atoms with E-state index in [0.29, 0.717) is 65.9 Å². The summed E-state index contributed by atoms with van der Waals surface area (Å²) in [4.78, 5) is 120. The van der Waals surface area contributed by atoms with Gasteiger partial charge >= 0.3 is 18.2 Å². The molecule has 1 aliphatic heterocycles. The minimum absolute atomic E-state index is 0.0520. The van der Waals surface area contributed by atoms with Gasteiger partial charge in [0.25, 0.3) is 11.8 Å². The molecule has 6 rings (SSSR count). The van der Waals surface area contributed by atoms with Gasteiger partial charge in [0.15, 0.2) is 5.78 Å². The number of H-pyrrole nitrogens is 1. The van der Waals surface area contributed by atoms with Crippen LogP contribution >= 0.6 is 0 Å². The van der Waals surface area contributed by atoms with Gasteiger partial charge in [-0.15, -0.1) is 0 Å². The molecule has 1 aliphatic rings. The van der Waals surface area contributed by atoms with Crippen LogP contribution in [0.5, 0.6) is 0 Å². The lowest BCUT2D eigenvalue weighted by molar-refractivity contribution is -0.137. The molecule has 2 atom stereocenters. The van der Waals surface area contributed by atoms with E-state index in [4.69, 9.17) is 10.5 Å². The third-order valence-electron chi connectivity index (χ3n) is 11.9. The largest absolute Gasteiger partial charge is 0.445 e. The first-order valence-electron chi connectivity index (χ1n) is 24.2. The van der Waals surface area contributed by atoms with E-state index in [9.17, 15) is 38.4 Å². The average molecular weight is 999 g/mol. The Labute approximate surface area is 422 Å². The highest BCUT2D eigenvalue weighted by molar-refractivity contribution is 6.12. The molecule has 0 spiro atoms. The second-order valence-electron chi connectivity index (χ2n) is 17.9. The Morgan fingerprint density at radius 2 is 1.63 bits per heavy atom. The molecule has 0 saturated carbocycles. The Morgan fingerprint density at radius 3 is 2.30 bits per heavy atom. The molecule has 0 radical (unpaired) electrons. The standard InChI is InChI=1S/C52H62N12O9/c1-5-54-51(71)62-50-59-41-27-36(26-39(47(41)61-50)40-13-8-9-23-55-40)35-17-20-38(57-29-35)30-63(4)52(72)73-31-33-15-18-37(19-16-33)58-48(69)34(12-11-24-56-49(53)70)28-42(65)46(32(2)3)60-43(66)14-7-6-10-25-64-44(67)21-22-45(64)68/h8-9,13,15-23,26-27,29,32,34,46H,5-7,10-12,14,24-25,28,30-31H2,1-4H3,(H,58,69)(H,60,66)(H3,53,56,70)(H3,54,59,61,62,71). The van der Waals surface area contributed by atoms with Crippen LogP contribution in [0.1, 0.15) is 77.0 Å². The van der Waals surface area contributed by atoms with Crippen LogP contribution in [-0.2, 0) is 41.9 Å². The minimum atomic E-state index is -0.848. The van der Waals surface area contributed by atoms with Gasteiger partial charge in [0, 0.05) is 86.8 Å². The first kappa shape index (κ1) is 53.9. The number of amides is 9. The van der Waals surface area contributed by atoms with Crippen LogP contribution < -0.4 is 32.3 Å². The number of nitrogens with two attached hydrogens (primary N) is 1. The SMILES string of the molecule is CCNC(=O)Nc1nc2c(-c3ccccn3)cc(-c3ccc(CN(C)C(=O)OCc4ccc(NC(=O)C(CCCNC(N)=O)CC(=O)C(NC(=O)CCCCCN5C(=O)C=CC5=O)C(C)C)cc4)nc3)cc2[nH]1. The molecule has 9 amide bonds. The number of aromatic amines is 1. The van der Waals surface area contributed by atoms with Gasteiger partial charge in [0.2, 0.25) is 17.8 Å². The summed E-state index contributed by atoms with van der Waals surface area (Å²) < 4.78 is 5.59. The van der Waals surface area contributed by atoms with Crippen LogP contribution in [-0.4, -0.2) is 110 Å². The number of hydrogen-bond acceptors (Lipinski definition) is 12. The Kier molecular flexibility index (Phi) is 19.3. The summed E-state index contributed by atoms with van der Waals surface area (Å²) in [7, 11) is 1.60. The van der Waals surface area contributed by atoms with E-state index in [-0.39, 0.29) is 86.9 Å². The number of urea groups is 2. The molecule has 21 nitrogen and oxygen atoms in total. The summed E-state index contributed by atoms with van der Waals surface area (Å²) >= 11 is 0. The van der Waals surface area contributed by atoms with Crippen molar-refractivity contribution >= 4 is 70.2 Å². The number of unbranched alkanes of at least 4 members (excludes halogenated alkanes) is 2. The molecule has 0 fully saturated rings. The van der Waals surface area contributed by atoms with Crippen LogP contribution in [0.15, 0.2) is 91.3 Å². The van der Waals surface area contributed by atoms with E-state index in [2.05, 4.69) is 46.5 Å². The minimum Gasteiger partial charge on any atom is -0.445 e. The van der Waals surface area contributed by atoms with Gasteiger partial charge in [-0.1, -0.05) is 44.5 Å². The number of fused-ring (bicyclic) bond motifs is 1. The maximum absolute atomic E-state index is 13.7. The third-order valence-corrected chi connectivity index (χ3v) is 11.9. The van der Waals surface area contributed by atoms with Gasteiger partial charge in [-0.05, 0) is 92.1 Å². The lowest BCUT2D eigenvalue weighted by Crippen LogP contribution is -2.45. The highest BCUT2D eigenvalue weighted by Gasteiger charge is 2.30. The van der Waals surface area contributed by atoms with Crippen molar-refractivity contribution in [2.75, 3.05) is 37.3 Å². The number of aromatic nitrogens is 4. The summed E-state index contributed by atoms with van der Waals surface area (Å²) in [6, 6.07) is 18.0. The highest BCUT2D eigenvalue weighted by Crippen LogP contribution is 2.33. The van der Waals surface area contributed by atoms with Crippen molar-refractivity contribution < 1.29 is 43.1 Å². The highest BCUT2D eigenvalue weighted by atomic mass is 16.6. The number of rotatable bonds is 25. The number of ketones is 1. The number of benzene rings is 2. The van der Waals surface area contributed by atoms with Crippen molar-refractivity contribution in [3.05, 3.63) is 103 Å². The number of hydrogen-bond donors (Lipinski definition) is 7. The lowest BCUT2D eigenvalue weighted by Gasteiger charge is -2.24. The molecule has 8 N–H and O–H groups in total. The summed E-state index contributed by atoms with van der Waals surface area (Å²) in [6.45, 7) is 6.46. The van der Waals surface area contributed by atoms with Gasteiger partial charge in [0.1, 0.15) is 6.61 Å². The lowest BCUT2D eigenvalue weighted by atomic mass is 9.89. The second kappa shape index (κ2) is 26.1. The van der Waals surface area contributed by atoms with Crippen molar-refractivity contribution in [3.63, 3.8) is 0 Å². The number of imide groups is 1. The van der Waals surface area contributed by atoms with E-state index < -0.39 is 30.0 Å². The number of anilines is 2. The fourth-order valence-corrected chi connectivity index (χ4v) is 8.06. The van der Waals surface area contributed by atoms with Gasteiger partial charge in [-0.3, -0.25) is 44.2 Å². The van der Waals surface area contributed by atoms with E-state index >= 15 is 0 Å². The first-order valence-corrected chi connectivity index (χ1v) is 24.2. The third kappa shape index (κ3) is 15.8. The van der Waals surface area contributed by atoms with Crippen molar-refractivity contribution in [3.8, 4) is 22.4 Å². The molecule has 384 valence electrons. The van der Waals surface area contributed by atoms with Crippen LogP contribution in [0.25, 0.3) is 33.4 Å². The topological polar surface area (TPSA) is 293 Å². The summed E-state index contributed by atoms with van der Waals surface area (Å²) in [6.07, 6.45) is 7.49.